The molecule has 1 rings (SSSR count). The van der Waals surface area contributed by atoms with E-state index in [-0.39, 0.29) is 6.04 Å². The molecule has 0 fully saturated rings. The molecule has 0 spiro atoms. The lowest BCUT2D eigenvalue weighted by Crippen LogP contribution is -2.28. The Kier molecular flexibility index (Phi) is 5.00. The fourth-order valence-electron chi connectivity index (χ4n) is 1.69. The zero-order valence-electron chi connectivity index (χ0n) is 10.1. The van der Waals surface area contributed by atoms with Gasteiger partial charge in [0.05, 0.1) is 5.56 Å². The van der Waals surface area contributed by atoms with Crippen LogP contribution >= 0.6 is 0 Å². The third kappa shape index (κ3) is 4.77. The van der Waals surface area contributed by atoms with Gasteiger partial charge in [-0.2, -0.15) is 13.2 Å². The lowest BCUT2D eigenvalue weighted by molar-refractivity contribution is -0.137. The maximum Gasteiger partial charge on any atom is 0.416 e. The minimum absolute atomic E-state index is 0.193. The zero-order valence-corrected chi connectivity index (χ0v) is 10.1. The van der Waals surface area contributed by atoms with Gasteiger partial charge < -0.3 is 5.32 Å². The fraction of sp³-hybridized carbons (Fsp3) is 0.538. The van der Waals surface area contributed by atoms with Gasteiger partial charge in [0.25, 0.3) is 0 Å². The maximum atomic E-state index is 12.5. The molecule has 0 aliphatic carbocycles. The number of alkyl halides is 3. The maximum absolute atomic E-state index is 12.5. The van der Waals surface area contributed by atoms with Crippen molar-refractivity contribution < 1.29 is 13.2 Å². The summed E-state index contributed by atoms with van der Waals surface area (Å²) in [6.07, 6.45) is -2.62. The van der Waals surface area contributed by atoms with Crippen LogP contribution in [-0.2, 0) is 12.6 Å². The van der Waals surface area contributed by atoms with Gasteiger partial charge in [-0.05, 0) is 37.9 Å². The minimum atomic E-state index is -4.25. The molecule has 0 heterocycles. The topological polar surface area (TPSA) is 12.0 Å². The first-order valence-corrected chi connectivity index (χ1v) is 5.83. The fourth-order valence-corrected chi connectivity index (χ4v) is 1.69. The predicted molar refractivity (Wildman–Crippen MR) is 62.9 cm³/mol. The molecule has 17 heavy (non-hydrogen) atoms. The molecule has 1 N–H and O–H groups in total. The number of hydrogen-bond acceptors (Lipinski definition) is 1. The second-order valence-corrected chi connectivity index (χ2v) is 4.26. The van der Waals surface area contributed by atoms with Crippen LogP contribution in [0.2, 0.25) is 0 Å². The van der Waals surface area contributed by atoms with E-state index in [1.54, 1.807) is 6.07 Å². The number of nitrogens with one attached hydrogen (secondary N) is 1. The first-order valence-electron chi connectivity index (χ1n) is 5.83. The van der Waals surface area contributed by atoms with Crippen molar-refractivity contribution in [1.82, 2.24) is 5.32 Å². The molecule has 0 amide bonds. The van der Waals surface area contributed by atoms with Gasteiger partial charge in [0.1, 0.15) is 0 Å². The highest BCUT2D eigenvalue weighted by Gasteiger charge is 2.30. The van der Waals surface area contributed by atoms with E-state index < -0.39 is 11.7 Å². The number of halogens is 3. The Labute approximate surface area is 100 Å². The van der Waals surface area contributed by atoms with Gasteiger partial charge in [-0.3, -0.25) is 0 Å². The normalized spacial score (nSPS) is 13.7. The van der Waals surface area contributed by atoms with Crippen molar-refractivity contribution in [2.24, 2.45) is 0 Å². The van der Waals surface area contributed by atoms with Crippen molar-refractivity contribution in [3.8, 4) is 0 Å². The van der Waals surface area contributed by atoms with Crippen molar-refractivity contribution >= 4 is 0 Å². The Bertz CT molecular complexity index is 347. The Morgan fingerprint density at radius 1 is 1.29 bits per heavy atom. The van der Waals surface area contributed by atoms with Crippen LogP contribution in [0.15, 0.2) is 24.3 Å². The molecule has 1 aromatic rings. The Balaban J connectivity index is 2.66. The van der Waals surface area contributed by atoms with E-state index in [1.165, 1.54) is 12.1 Å². The summed E-state index contributed by atoms with van der Waals surface area (Å²) in [4.78, 5) is 0. The molecule has 0 radical (unpaired) electrons. The van der Waals surface area contributed by atoms with Crippen LogP contribution in [0.3, 0.4) is 0 Å². The molecule has 0 aromatic heterocycles. The van der Waals surface area contributed by atoms with Crippen molar-refractivity contribution in [2.45, 2.75) is 38.9 Å². The summed E-state index contributed by atoms with van der Waals surface area (Å²) < 4.78 is 37.5. The molecule has 96 valence electrons. The van der Waals surface area contributed by atoms with E-state index >= 15 is 0 Å². The summed E-state index contributed by atoms with van der Waals surface area (Å²) in [7, 11) is 0. The van der Waals surface area contributed by atoms with E-state index in [2.05, 4.69) is 12.2 Å². The monoisotopic (exact) mass is 245 g/mol. The van der Waals surface area contributed by atoms with Gasteiger partial charge in [-0.1, -0.05) is 25.1 Å². The van der Waals surface area contributed by atoms with E-state index in [9.17, 15) is 13.2 Å². The molecule has 0 saturated heterocycles. The quantitative estimate of drug-likeness (QED) is 0.835. The molecular formula is C13H18F3N. The van der Waals surface area contributed by atoms with Crippen LogP contribution in [0.25, 0.3) is 0 Å². The summed E-state index contributed by atoms with van der Waals surface area (Å²) >= 11 is 0. The van der Waals surface area contributed by atoms with Crippen molar-refractivity contribution in [3.05, 3.63) is 35.4 Å². The van der Waals surface area contributed by atoms with Crippen LogP contribution in [0.5, 0.6) is 0 Å². The van der Waals surface area contributed by atoms with Crippen LogP contribution in [0.1, 0.15) is 31.4 Å². The van der Waals surface area contributed by atoms with Crippen LogP contribution < -0.4 is 5.32 Å². The second kappa shape index (κ2) is 6.05. The summed E-state index contributed by atoms with van der Waals surface area (Å²) in [6.45, 7) is 4.93. The van der Waals surface area contributed by atoms with Gasteiger partial charge in [0.2, 0.25) is 0 Å². The molecule has 0 saturated carbocycles. The van der Waals surface area contributed by atoms with E-state index in [0.29, 0.717) is 6.42 Å². The average molecular weight is 245 g/mol. The highest BCUT2D eigenvalue weighted by molar-refractivity contribution is 5.26. The predicted octanol–water partition coefficient (Wildman–Crippen LogP) is 3.64. The zero-order chi connectivity index (χ0) is 12.9. The summed E-state index contributed by atoms with van der Waals surface area (Å²) in [6, 6.07) is 5.72. The Morgan fingerprint density at radius 2 is 2.00 bits per heavy atom. The van der Waals surface area contributed by atoms with Gasteiger partial charge in [-0.25, -0.2) is 0 Å². The minimum Gasteiger partial charge on any atom is -0.314 e. The lowest BCUT2D eigenvalue weighted by Gasteiger charge is -2.14. The smallest absolute Gasteiger partial charge is 0.314 e. The average Bonchev–Trinajstić information content (AvgIpc) is 2.25. The molecule has 1 aromatic carbocycles. The number of benzene rings is 1. The van der Waals surface area contributed by atoms with E-state index in [1.807, 2.05) is 6.92 Å². The molecule has 1 atom stereocenters. The van der Waals surface area contributed by atoms with Crippen molar-refractivity contribution in [3.63, 3.8) is 0 Å². The van der Waals surface area contributed by atoms with Gasteiger partial charge in [0, 0.05) is 6.04 Å². The largest absolute Gasteiger partial charge is 0.416 e. The van der Waals surface area contributed by atoms with Gasteiger partial charge >= 0.3 is 6.18 Å². The molecule has 0 bridgehead atoms. The lowest BCUT2D eigenvalue weighted by atomic mass is 10.0. The molecule has 0 unspecified atom stereocenters. The first kappa shape index (κ1) is 14.0. The standard InChI is InChI=1S/C13H18F3N/c1-3-7-17-10(2)8-11-5-4-6-12(9-11)13(14,15)16/h4-6,9-10,17H,3,7-8H2,1-2H3/t10-/m1/s1. The molecule has 4 heteroatoms. The third-order valence-corrected chi connectivity index (χ3v) is 2.54. The van der Waals surface area contributed by atoms with Crippen LogP contribution in [-0.4, -0.2) is 12.6 Å². The summed E-state index contributed by atoms with van der Waals surface area (Å²) in [5, 5.41) is 3.26. The number of rotatable bonds is 5. The second-order valence-electron chi connectivity index (χ2n) is 4.26. The molecule has 0 aliphatic rings. The summed E-state index contributed by atoms with van der Waals surface area (Å²) in [5.74, 6) is 0. The van der Waals surface area contributed by atoms with E-state index in [0.717, 1.165) is 24.6 Å². The number of hydrogen-bond donors (Lipinski definition) is 1. The third-order valence-electron chi connectivity index (χ3n) is 2.54. The first-order chi connectivity index (χ1) is 7.93. The van der Waals surface area contributed by atoms with Gasteiger partial charge in [0.15, 0.2) is 0 Å². The molecule has 0 aliphatic heterocycles. The molecule has 1 nitrogen and oxygen atoms in total. The highest BCUT2D eigenvalue weighted by atomic mass is 19.4. The van der Waals surface area contributed by atoms with Crippen molar-refractivity contribution in [2.75, 3.05) is 6.54 Å². The Hall–Kier alpha value is -1.03. The van der Waals surface area contributed by atoms with Crippen LogP contribution in [0.4, 0.5) is 13.2 Å². The molecular weight excluding hydrogens is 227 g/mol. The van der Waals surface area contributed by atoms with E-state index in [4.69, 9.17) is 0 Å². The van der Waals surface area contributed by atoms with Gasteiger partial charge in [-0.15, -0.1) is 0 Å². The highest BCUT2D eigenvalue weighted by Crippen LogP contribution is 2.29. The van der Waals surface area contributed by atoms with Crippen LogP contribution in [0, 0.1) is 0 Å². The Morgan fingerprint density at radius 3 is 2.59 bits per heavy atom. The SMILES string of the molecule is CCCN[C@H](C)Cc1cccc(C(F)(F)F)c1. The summed E-state index contributed by atoms with van der Waals surface area (Å²) in [5.41, 5.74) is 0.147. The van der Waals surface area contributed by atoms with Crippen molar-refractivity contribution in [1.29, 1.82) is 0 Å².